The number of carbonyl (C=O) groups excluding carboxylic acids is 1. The average Bonchev–Trinajstić information content (AvgIpc) is 2.77. The van der Waals surface area contributed by atoms with Gasteiger partial charge >= 0.3 is 0 Å². The highest BCUT2D eigenvalue weighted by Crippen LogP contribution is 2.28. The van der Waals surface area contributed by atoms with Crippen molar-refractivity contribution in [2.75, 3.05) is 13.1 Å². The fourth-order valence-corrected chi connectivity index (χ4v) is 3.75. The van der Waals surface area contributed by atoms with Crippen LogP contribution in [-0.2, 0) is 11.3 Å². The zero-order chi connectivity index (χ0) is 19.3. The van der Waals surface area contributed by atoms with Crippen molar-refractivity contribution >= 4 is 22.3 Å². The van der Waals surface area contributed by atoms with Crippen LogP contribution in [-0.4, -0.2) is 34.9 Å². The lowest BCUT2D eigenvalue weighted by atomic mass is 9.96. The lowest BCUT2D eigenvalue weighted by Crippen LogP contribution is -2.46. The third-order valence-electron chi connectivity index (χ3n) is 5.49. The second-order valence-electron chi connectivity index (χ2n) is 7.26. The monoisotopic (exact) mass is 371 g/mol. The molecule has 0 saturated carbocycles. The molecule has 4 heteroatoms. The minimum Gasteiger partial charge on any atom is -0.351 e. The topological polar surface area (TPSA) is 45.2 Å². The molecule has 0 saturated heterocycles. The van der Waals surface area contributed by atoms with E-state index in [1.54, 1.807) is 0 Å². The Morgan fingerprint density at radius 1 is 1.11 bits per heavy atom. The number of aromatic nitrogens is 1. The van der Waals surface area contributed by atoms with Gasteiger partial charge in [0, 0.05) is 43.0 Å². The molecule has 4 nitrogen and oxygen atoms in total. The van der Waals surface area contributed by atoms with Gasteiger partial charge in [0.25, 0.3) is 0 Å². The van der Waals surface area contributed by atoms with Gasteiger partial charge in [0.2, 0.25) is 5.91 Å². The predicted molar refractivity (Wildman–Crippen MR) is 114 cm³/mol. The van der Waals surface area contributed by atoms with Crippen LogP contribution in [0.15, 0.2) is 73.1 Å². The summed E-state index contributed by atoms with van der Waals surface area (Å²) in [5.74, 6) is 0.0764. The van der Waals surface area contributed by atoms with Gasteiger partial charge < -0.3 is 5.32 Å². The minimum absolute atomic E-state index is 0.0764. The maximum Gasteiger partial charge on any atom is 0.237 e. The Morgan fingerprint density at radius 2 is 1.89 bits per heavy atom. The second kappa shape index (κ2) is 8.36. The van der Waals surface area contributed by atoms with Crippen molar-refractivity contribution in [3.05, 3.63) is 84.2 Å². The fraction of sp³-hybridized carbons (Fsp3) is 0.250. The SMILES string of the molecule is C[C@H](C(=O)NCc1ccccc1)N1CC=C(c2cncc3ccccc23)CC1. The average molecular weight is 371 g/mol. The number of nitrogens with zero attached hydrogens (tertiary/aromatic N) is 2. The molecule has 28 heavy (non-hydrogen) atoms. The molecule has 0 unspecified atom stereocenters. The summed E-state index contributed by atoms with van der Waals surface area (Å²) in [6.07, 6.45) is 7.04. The highest BCUT2D eigenvalue weighted by molar-refractivity contribution is 5.93. The number of nitrogens with one attached hydrogen (secondary N) is 1. The van der Waals surface area contributed by atoms with E-state index in [9.17, 15) is 4.79 Å². The number of fused-ring (bicyclic) bond motifs is 1. The minimum atomic E-state index is -0.146. The van der Waals surface area contributed by atoms with Crippen LogP contribution < -0.4 is 5.32 Å². The lowest BCUT2D eigenvalue weighted by molar-refractivity contribution is -0.125. The van der Waals surface area contributed by atoms with Crippen LogP contribution in [0, 0.1) is 0 Å². The molecule has 4 rings (SSSR count). The van der Waals surface area contributed by atoms with E-state index in [1.165, 1.54) is 16.5 Å². The molecule has 0 bridgehead atoms. The Bertz CT molecular complexity index is 992. The Hall–Kier alpha value is -2.98. The summed E-state index contributed by atoms with van der Waals surface area (Å²) in [4.78, 5) is 19.2. The van der Waals surface area contributed by atoms with Crippen LogP contribution >= 0.6 is 0 Å². The zero-order valence-corrected chi connectivity index (χ0v) is 16.1. The maximum atomic E-state index is 12.6. The van der Waals surface area contributed by atoms with Crippen LogP contribution in [0.3, 0.4) is 0 Å². The smallest absolute Gasteiger partial charge is 0.237 e. The van der Waals surface area contributed by atoms with Crippen molar-refractivity contribution in [3.63, 3.8) is 0 Å². The van der Waals surface area contributed by atoms with Crippen LogP contribution in [0.25, 0.3) is 16.3 Å². The standard InChI is InChI=1S/C24H25N3O/c1-18(24(28)26-15-19-7-3-2-4-8-19)27-13-11-20(12-14-27)23-17-25-16-21-9-5-6-10-22(21)23/h2-11,16-18H,12-15H2,1H3,(H,26,28)/t18-/m1/s1. The first-order chi connectivity index (χ1) is 13.7. The van der Waals surface area contributed by atoms with Gasteiger partial charge in [-0.2, -0.15) is 0 Å². The third kappa shape index (κ3) is 3.97. The quantitative estimate of drug-likeness (QED) is 0.736. The van der Waals surface area contributed by atoms with Crippen molar-refractivity contribution in [1.29, 1.82) is 0 Å². The summed E-state index contributed by atoms with van der Waals surface area (Å²) in [6, 6.07) is 18.2. The number of carbonyl (C=O) groups is 1. The molecule has 2 aromatic carbocycles. The molecule has 1 amide bonds. The first-order valence-corrected chi connectivity index (χ1v) is 9.80. The van der Waals surface area contributed by atoms with Crippen molar-refractivity contribution in [2.45, 2.75) is 25.9 Å². The van der Waals surface area contributed by atoms with Crippen molar-refractivity contribution in [3.8, 4) is 0 Å². The Morgan fingerprint density at radius 3 is 2.68 bits per heavy atom. The third-order valence-corrected chi connectivity index (χ3v) is 5.49. The maximum absolute atomic E-state index is 12.6. The van der Waals surface area contributed by atoms with Crippen molar-refractivity contribution < 1.29 is 4.79 Å². The first kappa shape index (κ1) is 18.4. The van der Waals surface area contributed by atoms with Crippen LogP contribution in [0.4, 0.5) is 0 Å². The van der Waals surface area contributed by atoms with E-state index in [-0.39, 0.29) is 11.9 Å². The molecule has 3 aromatic rings. The van der Waals surface area contributed by atoms with Crippen molar-refractivity contribution in [1.82, 2.24) is 15.2 Å². The number of hydrogen-bond donors (Lipinski definition) is 1. The molecule has 1 atom stereocenters. The molecular weight excluding hydrogens is 346 g/mol. The number of amides is 1. The summed E-state index contributed by atoms with van der Waals surface area (Å²) in [7, 11) is 0. The molecule has 1 aromatic heterocycles. The molecular formula is C24H25N3O. The summed E-state index contributed by atoms with van der Waals surface area (Å²) < 4.78 is 0. The molecule has 1 aliphatic rings. The first-order valence-electron chi connectivity index (χ1n) is 9.80. The fourth-order valence-electron chi connectivity index (χ4n) is 3.75. The number of pyridine rings is 1. The number of benzene rings is 2. The number of hydrogen-bond acceptors (Lipinski definition) is 3. The van der Waals surface area contributed by atoms with Gasteiger partial charge in [-0.15, -0.1) is 0 Å². The molecule has 142 valence electrons. The van der Waals surface area contributed by atoms with Gasteiger partial charge in [-0.1, -0.05) is 60.7 Å². The molecule has 1 aliphatic heterocycles. The van der Waals surface area contributed by atoms with Gasteiger partial charge in [-0.25, -0.2) is 0 Å². The normalized spacial score (nSPS) is 15.8. The molecule has 0 radical (unpaired) electrons. The van der Waals surface area contributed by atoms with E-state index >= 15 is 0 Å². The summed E-state index contributed by atoms with van der Waals surface area (Å²) >= 11 is 0. The van der Waals surface area contributed by atoms with Crippen LogP contribution in [0.5, 0.6) is 0 Å². The van der Waals surface area contributed by atoms with E-state index in [2.05, 4.69) is 39.5 Å². The van der Waals surface area contributed by atoms with Gasteiger partial charge in [0.1, 0.15) is 0 Å². The second-order valence-corrected chi connectivity index (χ2v) is 7.26. The highest BCUT2D eigenvalue weighted by Gasteiger charge is 2.23. The molecule has 1 N–H and O–H groups in total. The van der Waals surface area contributed by atoms with Crippen LogP contribution in [0.2, 0.25) is 0 Å². The number of rotatable bonds is 5. The van der Waals surface area contributed by atoms with Crippen molar-refractivity contribution in [2.24, 2.45) is 0 Å². The van der Waals surface area contributed by atoms with Crippen LogP contribution in [0.1, 0.15) is 24.5 Å². The zero-order valence-electron chi connectivity index (χ0n) is 16.1. The largest absolute Gasteiger partial charge is 0.351 e. The van der Waals surface area contributed by atoms with E-state index in [4.69, 9.17) is 0 Å². The van der Waals surface area contributed by atoms with E-state index in [0.29, 0.717) is 6.54 Å². The van der Waals surface area contributed by atoms with Gasteiger partial charge in [-0.3, -0.25) is 14.7 Å². The van der Waals surface area contributed by atoms with Gasteiger partial charge in [0.05, 0.1) is 6.04 Å². The van der Waals surface area contributed by atoms with E-state index in [1.807, 2.05) is 55.7 Å². The summed E-state index contributed by atoms with van der Waals surface area (Å²) in [6.45, 7) is 4.20. The van der Waals surface area contributed by atoms with Gasteiger partial charge in [0.15, 0.2) is 0 Å². The van der Waals surface area contributed by atoms with Gasteiger partial charge in [-0.05, 0) is 29.9 Å². The summed E-state index contributed by atoms with van der Waals surface area (Å²) in [5, 5.41) is 5.46. The molecule has 2 heterocycles. The molecule has 0 aliphatic carbocycles. The Kier molecular flexibility index (Phi) is 5.49. The molecule has 0 spiro atoms. The van der Waals surface area contributed by atoms with E-state index in [0.717, 1.165) is 30.5 Å². The van der Waals surface area contributed by atoms with E-state index < -0.39 is 0 Å². The molecule has 0 fully saturated rings. The Balaban J connectivity index is 1.41. The Labute approximate surface area is 165 Å². The highest BCUT2D eigenvalue weighted by atomic mass is 16.2. The summed E-state index contributed by atoms with van der Waals surface area (Å²) in [5.41, 5.74) is 3.64. The lowest BCUT2D eigenvalue weighted by Gasteiger charge is -2.31. The predicted octanol–water partition coefficient (Wildman–Crippen LogP) is 4.03.